The van der Waals surface area contributed by atoms with Crippen LogP contribution in [0.4, 0.5) is 0 Å². The molecule has 0 amide bonds. The Morgan fingerprint density at radius 2 is 2.04 bits per heavy atom. The average Bonchev–Trinajstić information content (AvgIpc) is 3.01. The van der Waals surface area contributed by atoms with Gasteiger partial charge in [-0.1, -0.05) is 42.1 Å². The molecule has 0 spiro atoms. The number of nitrogens with zero attached hydrogens (tertiary/aromatic N) is 3. The van der Waals surface area contributed by atoms with Crippen LogP contribution in [0.2, 0.25) is 0 Å². The van der Waals surface area contributed by atoms with Crippen molar-refractivity contribution in [2.24, 2.45) is 0 Å². The van der Waals surface area contributed by atoms with Gasteiger partial charge in [-0.25, -0.2) is 4.98 Å². The van der Waals surface area contributed by atoms with Crippen LogP contribution in [0.3, 0.4) is 0 Å². The minimum absolute atomic E-state index is 0.152. The van der Waals surface area contributed by atoms with Crippen molar-refractivity contribution < 1.29 is 0 Å². The van der Waals surface area contributed by atoms with E-state index in [-0.39, 0.29) is 11.3 Å². The molecule has 0 unspecified atom stereocenters. The number of thioether (sulfide) groups is 1. The molecule has 0 saturated carbocycles. The van der Waals surface area contributed by atoms with Gasteiger partial charge in [0.1, 0.15) is 11.0 Å². The van der Waals surface area contributed by atoms with E-state index in [1.54, 1.807) is 4.57 Å². The number of benzene rings is 2. The van der Waals surface area contributed by atoms with Crippen molar-refractivity contribution in [2.75, 3.05) is 5.75 Å². The van der Waals surface area contributed by atoms with Crippen LogP contribution in [0.5, 0.6) is 0 Å². The Morgan fingerprint density at radius 1 is 1.23 bits per heavy atom. The topological polar surface area (TPSA) is 74.5 Å². The summed E-state index contributed by atoms with van der Waals surface area (Å²) in [5, 5.41) is 10.4. The third-order valence-electron chi connectivity index (χ3n) is 4.37. The van der Waals surface area contributed by atoms with E-state index in [2.05, 4.69) is 11.1 Å². The first-order valence-corrected chi connectivity index (χ1v) is 9.19. The summed E-state index contributed by atoms with van der Waals surface area (Å²) in [7, 11) is 0. The van der Waals surface area contributed by atoms with E-state index in [4.69, 9.17) is 10.2 Å². The lowest BCUT2D eigenvalue weighted by Crippen LogP contribution is -2.22. The number of nitrogens with one attached hydrogen (secondary N) is 1. The lowest BCUT2D eigenvalue weighted by Gasteiger charge is -2.14. The van der Waals surface area contributed by atoms with Crippen molar-refractivity contribution in [2.45, 2.75) is 19.0 Å². The summed E-state index contributed by atoms with van der Waals surface area (Å²) in [6, 6.07) is 15.8. The van der Waals surface area contributed by atoms with Crippen LogP contribution in [0.25, 0.3) is 27.6 Å². The predicted octanol–water partition coefficient (Wildman–Crippen LogP) is 4.10. The van der Waals surface area contributed by atoms with Gasteiger partial charge in [0.15, 0.2) is 5.16 Å². The Balaban J connectivity index is 2.12. The molecule has 128 valence electrons. The third kappa shape index (κ3) is 2.57. The highest BCUT2D eigenvalue weighted by Gasteiger charge is 2.18. The van der Waals surface area contributed by atoms with Crippen LogP contribution in [-0.4, -0.2) is 20.3 Å². The van der Waals surface area contributed by atoms with E-state index < -0.39 is 0 Å². The molecule has 2 heterocycles. The Morgan fingerprint density at radius 3 is 2.85 bits per heavy atom. The highest BCUT2D eigenvalue weighted by molar-refractivity contribution is 7.99. The van der Waals surface area contributed by atoms with Crippen LogP contribution < -0.4 is 5.56 Å². The molecule has 0 bridgehead atoms. The van der Waals surface area contributed by atoms with E-state index in [1.807, 2.05) is 56.3 Å². The second-order valence-electron chi connectivity index (χ2n) is 6.17. The maximum Gasteiger partial charge on any atom is 0.283 e. The molecule has 4 aromatic rings. The molecule has 2 aromatic carbocycles. The molecule has 0 aliphatic heterocycles. The first-order valence-electron chi connectivity index (χ1n) is 8.21. The van der Waals surface area contributed by atoms with Gasteiger partial charge >= 0.3 is 0 Å². The molecule has 6 heteroatoms. The highest BCUT2D eigenvalue weighted by atomic mass is 32.2. The molecular weight excluding hydrogens is 344 g/mol. The fraction of sp³-hybridized carbons (Fsp3) is 0.150. The zero-order valence-corrected chi connectivity index (χ0v) is 15.2. The fourth-order valence-corrected chi connectivity index (χ4v) is 3.77. The number of H-pyrrole nitrogens is 1. The van der Waals surface area contributed by atoms with Crippen LogP contribution in [0.15, 0.2) is 52.4 Å². The van der Waals surface area contributed by atoms with E-state index >= 15 is 0 Å². The molecule has 1 N–H and O–H groups in total. The molecule has 0 saturated heterocycles. The summed E-state index contributed by atoms with van der Waals surface area (Å²) in [6.07, 6.45) is 0. The van der Waals surface area contributed by atoms with Crippen molar-refractivity contribution in [1.29, 1.82) is 5.26 Å². The minimum atomic E-state index is -0.152. The van der Waals surface area contributed by atoms with Crippen molar-refractivity contribution in [3.05, 3.63) is 63.9 Å². The molecule has 0 atom stereocenters. The molecule has 5 nitrogen and oxygen atoms in total. The SMILES string of the molecule is Cc1ccc(C)c(-n2c(SCC#N)nc3c([nH]c4ccccc43)c2=O)c1. The lowest BCUT2D eigenvalue weighted by atomic mass is 10.1. The predicted molar refractivity (Wildman–Crippen MR) is 105 cm³/mol. The van der Waals surface area contributed by atoms with Gasteiger partial charge in [-0.2, -0.15) is 5.26 Å². The van der Waals surface area contributed by atoms with Gasteiger partial charge in [0.2, 0.25) is 0 Å². The average molecular weight is 360 g/mol. The lowest BCUT2D eigenvalue weighted by molar-refractivity contribution is 0.813. The van der Waals surface area contributed by atoms with Gasteiger partial charge in [-0.3, -0.25) is 9.36 Å². The molecule has 2 aromatic heterocycles. The van der Waals surface area contributed by atoms with E-state index in [9.17, 15) is 4.79 Å². The van der Waals surface area contributed by atoms with Crippen LogP contribution in [-0.2, 0) is 0 Å². The van der Waals surface area contributed by atoms with Crippen LogP contribution >= 0.6 is 11.8 Å². The smallest absolute Gasteiger partial charge is 0.283 e. The maximum atomic E-state index is 13.3. The third-order valence-corrected chi connectivity index (χ3v) is 5.17. The molecule has 4 rings (SSSR count). The molecule has 0 radical (unpaired) electrons. The number of para-hydroxylation sites is 1. The largest absolute Gasteiger partial charge is 0.349 e. The fourth-order valence-electron chi connectivity index (χ4n) is 3.11. The van der Waals surface area contributed by atoms with Crippen LogP contribution in [0.1, 0.15) is 11.1 Å². The Labute approximate surface area is 154 Å². The number of aryl methyl sites for hydroxylation is 2. The monoisotopic (exact) mass is 360 g/mol. The summed E-state index contributed by atoms with van der Waals surface area (Å²) in [5.41, 5.74) is 4.69. The number of aromatic nitrogens is 3. The minimum Gasteiger partial charge on any atom is -0.349 e. The quantitative estimate of drug-likeness (QED) is 0.441. The summed E-state index contributed by atoms with van der Waals surface area (Å²) < 4.78 is 1.61. The number of aromatic amines is 1. The Hall–Kier alpha value is -3.04. The standard InChI is InChI=1S/C20H16N4OS/c1-12-7-8-13(2)16(11-12)24-19(25)18-17(23-20(24)26-10-9-21)14-5-3-4-6-15(14)22-18/h3-8,11,22H,10H2,1-2H3. The number of rotatable bonds is 3. The highest BCUT2D eigenvalue weighted by Crippen LogP contribution is 2.27. The molecule has 0 aliphatic rings. The Bertz CT molecular complexity index is 1250. The van der Waals surface area contributed by atoms with Crippen molar-refractivity contribution in [3.63, 3.8) is 0 Å². The zero-order valence-electron chi connectivity index (χ0n) is 14.4. The van der Waals surface area contributed by atoms with Crippen molar-refractivity contribution in [3.8, 4) is 11.8 Å². The van der Waals surface area contributed by atoms with Crippen molar-refractivity contribution >= 4 is 33.7 Å². The van der Waals surface area contributed by atoms with Crippen molar-refractivity contribution in [1.82, 2.24) is 14.5 Å². The Kier molecular flexibility index (Phi) is 4.02. The summed E-state index contributed by atoms with van der Waals surface area (Å²) >= 11 is 1.27. The summed E-state index contributed by atoms with van der Waals surface area (Å²) in [6.45, 7) is 3.96. The second kappa shape index (κ2) is 6.36. The second-order valence-corrected chi connectivity index (χ2v) is 7.11. The number of fused-ring (bicyclic) bond motifs is 3. The van der Waals surface area contributed by atoms with Gasteiger partial charge in [0, 0.05) is 10.9 Å². The first kappa shape index (κ1) is 16.4. The zero-order chi connectivity index (χ0) is 18.3. The molecule has 26 heavy (non-hydrogen) atoms. The molecular formula is C20H16N4OS. The number of nitriles is 1. The van der Waals surface area contributed by atoms with Gasteiger partial charge in [-0.15, -0.1) is 0 Å². The van der Waals surface area contributed by atoms with Gasteiger partial charge in [0.05, 0.1) is 17.5 Å². The molecule has 0 aliphatic carbocycles. The van der Waals surface area contributed by atoms with Crippen LogP contribution in [0, 0.1) is 25.2 Å². The van der Waals surface area contributed by atoms with Gasteiger partial charge in [0.25, 0.3) is 5.56 Å². The van der Waals surface area contributed by atoms with Gasteiger partial charge in [-0.05, 0) is 37.1 Å². The first-order chi connectivity index (χ1) is 12.6. The number of hydrogen-bond acceptors (Lipinski definition) is 4. The van der Waals surface area contributed by atoms with E-state index in [0.717, 1.165) is 27.7 Å². The maximum absolute atomic E-state index is 13.3. The van der Waals surface area contributed by atoms with Gasteiger partial charge < -0.3 is 4.98 Å². The normalized spacial score (nSPS) is 11.1. The van der Waals surface area contributed by atoms with E-state index in [1.165, 1.54) is 11.8 Å². The number of hydrogen-bond donors (Lipinski definition) is 1. The van der Waals surface area contributed by atoms with E-state index in [0.29, 0.717) is 16.2 Å². The summed E-state index contributed by atoms with van der Waals surface area (Å²) in [5.74, 6) is 0.227. The molecule has 0 fully saturated rings. The summed E-state index contributed by atoms with van der Waals surface area (Å²) in [4.78, 5) is 21.3.